The number of ether oxygens (including phenoxy) is 2. The lowest BCUT2D eigenvalue weighted by Crippen LogP contribution is -2.62. The first-order valence-corrected chi connectivity index (χ1v) is 20.0. The molecule has 63 heavy (non-hydrogen) atoms. The number of amides is 2. The first kappa shape index (κ1) is 48.2. The highest BCUT2D eigenvalue weighted by Gasteiger charge is 2.82. The molecule has 0 aliphatic carbocycles. The molecule has 1 atom stereocenters. The number of nitrogens with one attached hydrogen (secondary N) is 2. The number of rotatable bonds is 13. The average Bonchev–Trinajstić information content (AvgIpc) is 3.43. The van der Waals surface area contributed by atoms with Crippen molar-refractivity contribution in [1.82, 2.24) is 29.6 Å². The van der Waals surface area contributed by atoms with Crippen LogP contribution in [0.3, 0.4) is 0 Å². The van der Waals surface area contributed by atoms with Gasteiger partial charge in [0.15, 0.2) is 27.9 Å². The lowest BCUT2D eigenvalue weighted by molar-refractivity contribution is -0.398. The van der Waals surface area contributed by atoms with Crippen LogP contribution in [-0.4, -0.2) is 92.9 Å². The Morgan fingerprint density at radius 2 is 1.52 bits per heavy atom. The molecular weight excluding hydrogens is 919 g/mol. The van der Waals surface area contributed by atoms with Crippen molar-refractivity contribution in [1.29, 1.82) is 0 Å². The Hall–Kier alpha value is -5.79. The number of anilines is 1. The molecule has 0 bridgehead atoms. The largest absolute Gasteiger partial charge is 0.471 e. The van der Waals surface area contributed by atoms with Crippen LogP contribution < -0.4 is 20.9 Å². The molecule has 3 aromatic heterocycles. The second kappa shape index (κ2) is 16.7. The van der Waals surface area contributed by atoms with E-state index >= 15 is 0 Å². The minimum absolute atomic E-state index is 0.0961. The molecule has 27 heteroatoms. The number of alkyl carbamates (subject to hydrolysis) is 1. The minimum atomic E-state index is -7.23. The average molecular weight is 950 g/mol. The summed E-state index contributed by atoms with van der Waals surface area (Å²) in [5.41, 5.74) is -3.68. The van der Waals surface area contributed by atoms with E-state index in [4.69, 9.17) is 16.3 Å². The number of carbonyl (C=O) groups is 2. The van der Waals surface area contributed by atoms with E-state index in [1.807, 2.05) is 0 Å². The molecule has 0 saturated heterocycles. The first-order valence-electron chi connectivity index (χ1n) is 17.6. The number of halogens is 12. The Morgan fingerprint density at radius 3 is 2.10 bits per heavy atom. The number of alkyl halides is 9. The quantitative estimate of drug-likeness (QED) is 0.115. The molecular formula is C36H31ClF11N7O7S. The summed E-state index contributed by atoms with van der Waals surface area (Å²) >= 11 is 6.52. The maximum atomic E-state index is 14.6. The van der Waals surface area contributed by atoms with E-state index < -0.39 is 116 Å². The van der Waals surface area contributed by atoms with Crippen LogP contribution in [0.1, 0.15) is 38.2 Å². The van der Waals surface area contributed by atoms with Gasteiger partial charge in [-0.2, -0.15) is 49.6 Å². The van der Waals surface area contributed by atoms with Crippen LogP contribution in [0, 0.1) is 11.6 Å². The lowest BCUT2D eigenvalue weighted by atomic mass is 10.0. The van der Waals surface area contributed by atoms with Gasteiger partial charge in [-0.05, 0) is 56.7 Å². The molecule has 2 amide bonds. The van der Waals surface area contributed by atoms with Crippen molar-refractivity contribution in [2.75, 3.05) is 23.9 Å². The molecule has 0 fully saturated rings. The molecule has 2 aromatic carbocycles. The maximum Gasteiger partial charge on any atom is 0.460 e. The number of aryl methyl sites for hydroxylation is 1. The topological polar surface area (TPSA) is 176 Å². The van der Waals surface area contributed by atoms with E-state index in [1.165, 1.54) is 40.0 Å². The molecule has 5 aromatic rings. The molecule has 0 aliphatic rings. The number of pyridine rings is 1. The van der Waals surface area contributed by atoms with Gasteiger partial charge in [-0.1, -0.05) is 11.6 Å². The van der Waals surface area contributed by atoms with Crippen LogP contribution in [0.2, 0.25) is 5.02 Å². The van der Waals surface area contributed by atoms with Crippen LogP contribution in [0.15, 0.2) is 47.3 Å². The third kappa shape index (κ3) is 10.2. The van der Waals surface area contributed by atoms with Gasteiger partial charge in [0, 0.05) is 31.9 Å². The highest BCUT2D eigenvalue weighted by Crippen LogP contribution is 2.53. The summed E-state index contributed by atoms with van der Waals surface area (Å²) < 4.78 is 186. The van der Waals surface area contributed by atoms with E-state index in [-0.39, 0.29) is 33.0 Å². The third-order valence-electron chi connectivity index (χ3n) is 8.52. The molecule has 0 radical (unpaired) electrons. The fourth-order valence-corrected chi connectivity index (χ4v) is 6.72. The van der Waals surface area contributed by atoms with Gasteiger partial charge in [-0.3, -0.25) is 18.8 Å². The summed E-state index contributed by atoms with van der Waals surface area (Å²) in [7, 11) is -2.56. The molecule has 3 heterocycles. The van der Waals surface area contributed by atoms with Crippen LogP contribution in [0.25, 0.3) is 27.6 Å². The molecule has 2 N–H and O–H groups in total. The number of fused-ring (bicyclic) bond motifs is 2. The van der Waals surface area contributed by atoms with E-state index in [0.717, 1.165) is 33.7 Å². The number of benzene rings is 2. The number of nitrogens with zero attached hydrogens (tertiary/aromatic N) is 5. The van der Waals surface area contributed by atoms with Crippen LogP contribution >= 0.6 is 11.6 Å². The van der Waals surface area contributed by atoms with Crippen LogP contribution in [0.4, 0.5) is 58.9 Å². The minimum Gasteiger partial charge on any atom is -0.471 e. The van der Waals surface area contributed by atoms with Crippen molar-refractivity contribution in [3.05, 3.63) is 80.9 Å². The third-order valence-corrected chi connectivity index (χ3v) is 9.62. The van der Waals surface area contributed by atoms with Crippen LogP contribution in [-0.2, 0) is 32.8 Å². The van der Waals surface area contributed by atoms with Gasteiger partial charge in [0.1, 0.15) is 28.8 Å². The fraction of sp³-hybridized carbons (Fsp3) is 0.389. The smallest absolute Gasteiger partial charge is 0.460 e. The van der Waals surface area contributed by atoms with Gasteiger partial charge in [0.25, 0.3) is 5.56 Å². The Kier molecular flexibility index (Phi) is 12.8. The van der Waals surface area contributed by atoms with E-state index in [1.54, 1.807) is 0 Å². The Labute approximate surface area is 352 Å². The first-order chi connectivity index (χ1) is 28.7. The summed E-state index contributed by atoms with van der Waals surface area (Å²) in [6.45, 7) is 1.57. The molecule has 0 saturated carbocycles. The molecule has 342 valence electrons. The van der Waals surface area contributed by atoms with Gasteiger partial charge in [-0.25, -0.2) is 27.0 Å². The number of hydrogen-bond donors (Lipinski definition) is 2. The Balaban J connectivity index is 1.77. The number of hydrogen-bond acceptors (Lipinski definition) is 10. The standard InChI is InChI=1S/C36H31ClF11N7O7S/c1-32(2,3)62-31(58)49-21(12-16-10-17(38)13-18(39)11-16)29-52-27-19(6-9-24(51-27)61-15-33(40,41)34(42,43)35(44,45)36(46,47)48)30(57)55(29)22-8-7-20(37)25-26(22)54(4)53-28(25)50-23(56)14-63(5,59)60/h6-11,13,21H,12,14-15H2,1-5H3,(H,49,58)(H,50,53,56)/t21-/m0/s1. The summed E-state index contributed by atoms with van der Waals surface area (Å²) in [5, 5.41) is 8.12. The monoisotopic (exact) mass is 949 g/mol. The highest BCUT2D eigenvalue weighted by atomic mass is 35.5. The predicted octanol–water partition coefficient (Wildman–Crippen LogP) is 7.24. The molecule has 0 unspecified atom stereocenters. The van der Waals surface area contributed by atoms with Gasteiger partial charge in [-0.15, -0.1) is 0 Å². The summed E-state index contributed by atoms with van der Waals surface area (Å²) in [6, 6.07) is 4.22. The van der Waals surface area contributed by atoms with Crippen LogP contribution in [0.5, 0.6) is 5.88 Å². The van der Waals surface area contributed by atoms with Gasteiger partial charge < -0.3 is 20.1 Å². The van der Waals surface area contributed by atoms with E-state index in [0.29, 0.717) is 12.1 Å². The maximum absolute atomic E-state index is 14.6. The highest BCUT2D eigenvalue weighted by molar-refractivity contribution is 7.91. The molecule has 0 aliphatic heterocycles. The fourth-order valence-electron chi connectivity index (χ4n) is 5.93. The lowest BCUT2D eigenvalue weighted by Gasteiger charge is -2.33. The number of aromatic nitrogens is 5. The summed E-state index contributed by atoms with van der Waals surface area (Å²) in [6.07, 6.45) is -8.17. The molecule has 0 spiro atoms. The van der Waals surface area contributed by atoms with E-state index in [9.17, 15) is 71.1 Å². The zero-order valence-corrected chi connectivity index (χ0v) is 34.4. The normalized spacial score (nSPS) is 13.6. The van der Waals surface area contributed by atoms with Crippen molar-refractivity contribution >= 4 is 61.2 Å². The van der Waals surface area contributed by atoms with Crippen molar-refractivity contribution in [2.24, 2.45) is 7.05 Å². The van der Waals surface area contributed by atoms with E-state index in [2.05, 4.69) is 30.4 Å². The van der Waals surface area contributed by atoms with Crippen molar-refractivity contribution in [3.63, 3.8) is 0 Å². The van der Waals surface area contributed by atoms with Gasteiger partial charge >= 0.3 is 30.0 Å². The molecule has 5 rings (SSSR count). The van der Waals surface area contributed by atoms with Crippen molar-refractivity contribution in [2.45, 2.75) is 62.8 Å². The second-order valence-corrected chi connectivity index (χ2v) is 17.4. The van der Waals surface area contributed by atoms with Gasteiger partial charge in [0.2, 0.25) is 11.8 Å². The zero-order valence-electron chi connectivity index (χ0n) is 32.8. The number of carbonyl (C=O) groups excluding carboxylic acids is 2. The summed E-state index contributed by atoms with van der Waals surface area (Å²) in [4.78, 5) is 48.6. The molecule has 14 nitrogen and oxygen atoms in total. The second-order valence-electron chi connectivity index (χ2n) is 14.8. The number of sulfone groups is 1. The van der Waals surface area contributed by atoms with Crippen molar-refractivity contribution < 1.29 is 75.8 Å². The van der Waals surface area contributed by atoms with Gasteiger partial charge in [0.05, 0.1) is 33.0 Å². The van der Waals surface area contributed by atoms with Crippen molar-refractivity contribution in [3.8, 4) is 11.6 Å². The Morgan fingerprint density at radius 1 is 0.905 bits per heavy atom. The SMILES string of the molecule is Cn1nc(NC(=O)CS(C)(=O)=O)c2c(Cl)ccc(-n3c([C@H](Cc4cc(F)cc(F)c4)NC(=O)OC(C)(C)C)nc4nc(OCC(F)(F)C(F)(F)C(F)(F)C(F)(F)F)ccc4c3=O)c21. The zero-order chi connectivity index (χ0) is 47.4. The Bertz CT molecular complexity index is 2780. The summed E-state index contributed by atoms with van der Waals surface area (Å²) in [5.74, 6) is -26.8. The predicted molar refractivity (Wildman–Crippen MR) is 201 cm³/mol.